The third-order valence-corrected chi connectivity index (χ3v) is 3.05. The summed E-state index contributed by atoms with van der Waals surface area (Å²) in [4.78, 5) is 7.60. The maximum Gasteiger partial charge on any atom is 0.408 e. The predicted molar refractivity (Wildman–Crippen MR) is 75.8 cm³/mol. The van der Waals surface area contributed by atoms with Gasteiger partial charge in [0.15, 0.2) is 5.82 Å². The van der Waals surface area contributed by atoms with Crippen LogP contribution in [0.1, 0.15) is 5.69 Å². The summed E-state index contributed by atoms with van der Waals surface area (Å²) in [7, 11) is 0. The molecule has 10 heteroatoms. The molecular weight excluding hydrogens is 328 g/mol. The Morgan fingerprint density at radius 2 is 2.00 bits per heavy atom. The van der Waals surface area contributed by atoms with Gasteiger partial charge in [0.1, 0.15) is 29.9 Å². The van der Waals surface area contributed by atoms with Gasteiger partial charge in [-0.25, -0.2) is 14.4 Å². The number of rotatable bonds is 3. The fourth-order valence-electron chi connectivity index (χ4n) is 2.08. The van der Waals surface area contributed by atoms with Gasteiger partial charge in [-0.1, -0.05) is 0 Å². The van der Waals surface area contributed by atoms with E-state index in [0.717, 1.165) is 16.9 Å². The highest BCUT2D eigenvalue weighted by atomic mass is 19.4. The third-order valence-electron chi connectivity index (χ3n) is 3.05. The van der Waals surface area contributed by atoms with Crippen LogP contribution in [0.15, 0.2) is 30.6 Å². The highest BCUT2D eigenvalue weighted by Gasteiger charge is 2.30. The standard InChI is InChI=1S/C14H8F4N6/c15-8-1-2-12(21-5-8)22-13-10-6-20-9(4-19)3-11(10)24(23-13)7-14(16,17)18/h1-3,5-6H,7H2,(H,21,22,23). The van der Waals surface area contributed by atoms with Crippen molar-refractivity contribution in [3.63, 3.8) is 0 Å². The SMILES string of the molecule is N#Cc1cc2c(cn1)c(Nc1ccc(F)cn1)nn2CC(F)(F)F. The molecule has 0 fully saturated rings. The second kappa shape index (κ2) is 5.77. The van der Waals surface area contributed by atoms with E-state index in [2.05, 4.69) is 20.4 Å². The summed E-state index contributed by atoms with van der Waals surface area (Å²) in [6, 6.07) is 5.46. The number of nitrogens with one attached hydrogen (secondary N) is 1. The van der Waals surface area contributed by atoms with Gasteiger partial charge < -0.3 is 5.32 Å². The van der Waals surface area contributed by atoms with E-state index < -0.39 is 18.5 Å². The lowest BCUT2D eigenvalue weighted by Gasteiger charge is -2.07. The van der Waals surface area contributed by atoms with Crippen LogP contribution < -0.4 is 5.32 Å². The van der Waals surface area contributed by atoms with Crippen molar-refractivity contribution in [2.45, 2.75) is 12.7 Å². The Kier molecular flexibility index (Phi) is 3.76. The number of nitriles is 1. The molecular formula is C14H8F4N6. The third kappa shape index (κ3) is 3.24. The molecule has 3 aromatic heterocycles. The first-order valence-corrected chi connectivity index (χ1v) is 6.58. The van der Waals surface area contributed by atoms with Crippen molar-refractivity contribution in [2.75, 3.05) is 5.32 Å². The van der Waals surface area contributed by atoms with E-state index in [0.29, 0.717) is 0 Å². The molecule has 0 radical (unpaired) electrons. The lowest BCUT2D eigenvalue weighted by molar-refractivity contribution is -0.141. The van der Waals surface area contributed by atoms with Crippen LogP contribution >= 0.6 is 0 Å². The van der Waals surface area contributed by atoms with Gasteiger partial charge in [0.2, 0.25) is 0 Å². The van der Waals surface area contributed by atoms with Gasteiger partial charge >= 0.3 is 6.18 Å². The lowest BCUT2D eigenvalue weighted by Crippen LogP contribution is -2.18. The smallest absolute Gasteiger partial charge is 0.323 e. The highest BCUT2D eigenvalue weighted by Crippen LogP contribution is 2.28. The zero-order chi connectivity index (χ0) is 17.3. The van der Waals surface area contributed by atoms with Gasteiger partial charge in [0.05, 0.1) is 17.1 Å². The molecule has 0 atom stereocenters. The molecule has 0 spiro atoms. The Morgan fingerprint density at radius 1 is 1.21 bits per heavy atom. The minimum Gasteiger partial charge on any atom is -0.323 e. The summed E-state index contributed by atoms with van der Waals surface area (Å²) >= 11 is 0. The van der Waals surface area contributed by atoms with Crippen LogP contribution in [0.3, 0.4) is 0 Å². The number of fused-ring (bicyclic) bond motifs is 1. The molecule has 24 heavy (non-hydrogen) atoms. The molecule has 0 aliphatic rings. The van der Waals surface area contributed by atoms with Crippen LogP contribution in [-0.2, 0) is 6.54 Å². The Balaban J connectivity index is 2.07. The second-order valence-electron chi connectivity index (χ2n) is 4.81. The molecule has 1 N–H and O–H groups in total. The van der Waals surface area contributed by atoms with Crippen LogP contribution in [0.25, 0.3) is 10.9 Å². The van der Waals surface area contributed by atoms with Crippen molar-refractivity contribution < 1.29 is 17.6 Å². The Bertz CT molecular complexity index is 923. The van der Waals surface area contributed by atoms with E-state index in [1.165, 1.54) is 18.3 Å². The zero-order valence-corrected chi connectivity index (χ0v) is 11.8. The Hall–Kier alpha value is -3.22. The minimum absolute atomic E-state index is 0.0303. The van der Waals surface area contributed by atoms with Crippen molar-refractivity contribution >= 4 is 22.5 Å². The number of hydrogen-bond donors (Lipinski definition) is 1. The molecule has 0 saturated carbocycles. The monoisotopic (exact) mass is 336 g/mol. The number of aromatic nitrogens is 4. The quantitative estimate of drug-likeness (QED) is 0.743. The fraction of sp³-hybridized carbons (Fsp3) is 0.143. The molecule has 122 valence electrons. The fourth-order valence-corrected chi connectivity index (χ4v) is 2.08. The van der Waals surface area contributed by atoms with Crippen LogP contribution in [0.5, 0.6) is 0 Å². The molecule has 0 saturated heterocycles. The Morgan fingerprint density at radius 3 is 2.62 bits per heavy atom. The van der Waals surface area contributed by atoms with E-state index in [1.54, 1.807) is 6.07 Å². The molecule has 3 rings (SSSR count). The molecule has 0 bridgehead atoms. The van der Waals surface area contributed by atoms with Crippen LogP contribution in [-0.4, -0.2) is 25.9 Å². The molecule has 6 nitrogen and oxygen atoms in total. The first-order chi connectivity index (χ1) is 11.4. The average molecular weight is 336 g/mol. The first-order valence-electron chi connectivity index (χ1n) is 6.58. The lowest BCUT2D eigenvalue weighted by atomic mass is 10.2. The molecule has 0 unspecified atom stereocenters. The van der Waals surface area contributed by atoms with Crippen LogP contribution in [0, 0.1) is 17.1 Å². The van der Waals surface area contributed by atoms with Crippen molar-refractivity contribution in [3.8, 4) is 6.07 Å². The molecule has 3 aromatic rings. The molecule has 0 aliphatic carbocycles. The molecule has 0 amide bonds. The maximum atomic E-state index is 12.9. The number of nitrogens with zero attached hydrogens (tertiary/aromatic N) is 5. The van der Waals surface area contributed by atoms with E-state index in [9.17, 15) is 17.6 Å². The van der Waals surface area contributed by atoms with Gasteiger partial charge in [0, 0.05) is 12.3 Å². The van der Waals surface area contributed by atoms with Gasteiger partial charge in [0.25, 0.3) is 0 Å². The minimum atomic E-state index is -4.49. The van der Waals surface area contributed by atoms with Crippen molar-refractivity contribution in [1.29, 1.82) is 5.26 Å². The van der Waals surface area contributed by atoms with Gasteiger partial charge in [-0.05, 0) is 12.1 Å². The van der Waals surface area contributed by atoms with Crippen molar-refractivity contribution in [3.05, 3.63) is 42.1 Å². The topological polar surface area (TPSA) is 79.4 Å². The highest BCUT2D eigenvalue weighted by molar-refractivity contribution is 5.91. The van der Waals surface area contributed by atoms with Crippen LogP contribution in [0.2, 0.25) is 0 Å². The van der Waals surface area contributed by atoms with E-state index >= 15 is 0 Å². The summed E-state index contributed by atoms with van der Waals surface area (Å²) in [6.45, 7) is -1.32. The number of alkyl halides is 3. The molecule has 0 aromatic carbocycles. The molecule has 3 heterocycles. The first kappa shape index (κ1) is 15.7. The zero-order valence-electron chi connectivity index (χ0n) is 11.8. The van der Waals surface area contributed by atoms with E-state index in [4.69, 9.17) is 5.26 Å². The average Bonchev–Trinajstić information content (AvgIpc) is 2.85. The number of anilines is 2. The number of halogens is 4. The van der Waals surface area contributed by atoms with Gasteiger partial charge in [-0.2, -0.15) is 23.5 Å². The summed E-state index contributed by atoms with van der Waals surface area (Å²) in [5, 5.41) is 15.7. The van der Waals surface area contributed by atoms with Gasteiger partial charge in [-0.15, -0.1) is 0 Å². The summed E-state index contributed by atoms with van der Waals surface area (Å²) in [5.74, 6) is -0.266. The van der Waals surface area contributed by atoms with Crippen molar-refractivity contribution in [2.24, 2.45) is 0 Å². The number of hydrogen-bond acceptors (Lipinski definition) is 5. The van der Waals surface area contributed by atoms with E-state index in [-0.39, 0.29) is 28.2 Å². The van der Waals surface area contributed by atoms with Crippen molar-refractivity contribution in [1.82, 2.24) is 19.7 Å². The molecule has 0 aliphatic heterocycles. The summed E-state index contributed by atoms with van der Waals surface area (Å²) < 4.78 is 51.8. The number of pyridine rings is 2. The predicted octanol–water partition coefficient (Wildman–Crippen LogP) is 3.14. The summed E-state index contributed by atoms with van der Waals surface area (Å²) in [6.07, 6.45) is -2.27. The Labute approximate surface area is 132 Å². The maximum absolute atomic E-state index is 12.9. The van der Waals surface area contributed by atoms with E-state index in [1.807, 2.05) is 0 Å². The van der Waals surface area contributed by atoms with Gasteiger partial charge in [-0.3, -0.25) is 4.68 Å². The summed E-state index contributed by atoms with van der Waals surface area (Å²) in [5.41, 5.74) is 0.0702. The second-order valence-corrected chi connectivity index (χ2v) is 4.81. The largest absolute Gasteiger partial charge is 0.408 e. The normalized spacial score (nSPS) is 11.5. The van der Waals surface area contributed by atoms with Crippen LogP contribution in [0.4, 0.5) is 29.2 Å².